The number of nitrogens with zero attached hydrogens (tertiary/aromatic N) is 2. The van der Waals surface area contributed by atoms with Crippen LogP contribution in [0.25, 0.3) is 10.8 Å². The third kappa shape index (κ3) is 3.40. The van der Waals surface area contributed by atoms with Gasteiger partial charge in [0, 0.05) is 5.02 Å². The number of hydrogen-bond acceptors (Lipinski definition) is 6. The first-order valence-corrected chi connectivity index (χ1v) is 7.83. The summed E-state index contributed by atoms with van der Waals surface area (Å²) in [5.74, 6) is -1.10. The van der Waals surface area contributed by atoms with Gasteiger partial charge in [-0.15, -0.1) is 21.5 Å². The van der Waals surface area contributed by atoms with Crippen LogP contribution in [-0.4, -0.2) is 16.2 Å². The molecule has 1 unspecified atom stereocenters. The van der Waals surface area contributed by atoms with Crippen molar-refractivity contribution in [2.75, 3.05) is 0 Å². The topological polar surface area (TPSA) is 65.2 Å². The van der Waals surface area contributed by atoms with Crippen molar-refractivity contribution in [2.45, 2.75) is 13.0 Å². The Labute approximate surface area is 139 Å². The summed E-state index contributed by atoms with van der Waals surface area (Å²) in [4.78, 5) is 12.8. The Morgan fingerprint density at radius 3 is 2.96 bits per heavy atom. The maximum Gasteiger partial charge on any atom is 0.341 e. The fourth-order valence-electron chi connectivity index (χ4n) is 1.83. The van der Waals surface area contributed by atoms with E-state index in [1.54, 1.807) is 6.92 Å². The van der Waals surface area contributed by atoms with Crippen molar-refractivity contribution in [3.05, 3.63) is 58.0 Å². The molecule has 0 radical (unpaired) electrons. The molecular formula is C15H10ClFN2O3S. The molecule has 3 rings (SSSR count). The quantitative estimate of drug-likeness (QED) is 0.646. The van der Waals surface area contributed by atoms with Crippen LogP contribution in [0.15, 0.2) is 40.1 Å². The van der Waals surface area contributed by atoms with Gasteiger partial charge in [0.25, 0.3) is 11.8 Å². The fourth-order valence-corrected chi connectivity index (χ4v) is 2.64. The largest absolute Gasteiger partial charge is 0.449 e. The SMILES string of the molecule is CC(OC(=O)c1cc(Cl)ccc1F)c1nnc(-c2cccs2)o1. The number of esters is 1. The van der Waals surface area contributed by atoms with Gasteiger partial charge in [-0.1, -0.05) is 17.7 Å². The third-order valence-corrected chi connectivity index (χ3v) is 4.05. The van der Waals surface area contributed by atoms with Gasteiger partial charge in [-0.2, -0.15) is 0 Å². The summed E-state index contributed by atoms with van der Waals surface area (Å²) in [5, 5.41) is 9.87. The van der Waals surface area contributed by atoms with Gasteiger partial charge < -0.3 is 9.15 Å². The molecule has 5 nitrogen and oxygen atoms in total. The number of thiophene rings is 1. The van der Waals surface area contributed by atoms with Gasteiger partial charge in [0.2, 0.25) is 0 Å². The summed E-state index contributed by atoms with van der Waals surface area (Å²) in [7, 11) is 0. The molecule has 23 heavy (non-hydrogen) atoms. The summed E-state index contributed by atoms with van der Waals surface area (Å²) >= 11 is 7.21. The highest BCUT2D eigenvalue weighted by Gasteiger charge is 2.22. The molecular weight excluding hydrogens is 343 g/mol. The van der Waals surface area contributed by atoms with Crippen molar-refractivity contribution in [2.24, 2.45) is 0 Å². The molecule has 1 atom stereocenters. The van der Waals surface area contributed by atoms with E-state index in [0.29, 0.717) is 5.89 Å². The first-order valence-electron chi connectivity index (χ1n) is 6.58. The highest BCUT2D eigenvalue weighted by molar-refractivity contribution is 7.13. The monoisotopic (exact) mass is 352 g/mol. The van der Waals surface area contributed by atoms with Crippen molar-refractivity contribution in [3.8, 4) is 10.8 Å². The molecule has 2 aromatic heterocycles. The van der Waals surface area contributed by atoms with E-state index in [-0.39, 0.29) is 16.5 Å². The zero-order valence-corrected chi connectivity index (χ0v) is 13.4. The van der Waals surface area contributed by atoms with E-state index in [1.807, 2.05) is 17.5 Å². The number of carbonyl (C=O) groups excluding carboxylic acids is 1. The van der Waals surface area contributed by atoms with Crippen LogP contribution in [0.2, 0.25) is 5.02 Å². The Balaban J connectivity index is 1.75. The van der Waals surface area contributed by atoms with Gasteiger partial charge >= 0.3 is 5.97 Å². The second-order valence-corrected chi connectivity index (χ2v) is 5.98. The zero-order valence-electron chi connectivity index (χ0n) is 11.8. The van der Waals surface area contributed by atoms with Crippen molar-refractivity contribution in [1.82, 2.24) is 10.2 Å². The molecule has 118 valence electrons. The average molecular weight is 353 g/mol. The van der Waals surface area contributed by atoms with E-state index in [1.165, 1.54) is 23.5 Å². The highest BCUT2D eigenvalue weighted by atomic mass is 35.5. The summed E-state index contributed by atoms with van der Waals surface area (Å²) in [6.45, 7) is 1.56. The van der Waals surface area contributed by atoms with Gasteiger partial charge in [0.15, 0.2) is 6.10 Å². The van der Waals surface area contributed by atoms with Gasteiger partial charge in [-0.3, -0.25) is 0 Å². The predicted molar refractivity (Wildman–Crippen MR) is 82.9 cm³/mol. The normalized spacial score (nSPS) is 12.1. The third-order valence-electron chi connectivity index (χ3n) is 2.95. The van der Waals surface area contributed by atoms with Gasteiger partial charge in [0.1, 0.15) is 5.82 Å². The van der Waals surface area contributed by atoms with Crippen LogP contribution in [0.5, 0.6) is 0 Å². The number of aromatic nitrogens is 2. The lowest BCUT2D eigenvalue weighted by atomic mass is 10.2. The molecule has 0 aliphatic rings. The minimum absolute atomic E-state index is 0.129. The molecule has 0 bridgehead atoms. The molecule has 3 aromatic rings. The average Bonchev–Trinajstić information content (AvgIpc) is 3.19. The van der Waals surface area contributed by atoms with Crippen LogP contribution in [0.3, 0.4) is 0 Å². The molecule has 0 saturated carbocycles. The lowest BCUT2D eigenvalue weighted by Crippen LogP contribution is -2.11. The molecule has 0 fully saturated rings. The standard InChI is InChI=1S/C15H10ClFN2O3S/c1-8(13-18-19-14(22-13)12-3-2-6-23-12)21-15(20)10-7-9(16)4-5-11(10)17/h2-8H,1H3. The number of carbonyl (C=O) groups is 1. The number of benzene rings is 1. The van der Waals surface area contributed by atoms with Crippen molar-refractivity contribution >= 4 is 28.9 Å². The molecule has 0 aliphatic heterocycles. The lowest BCUT2D eigenvalue weighted by molar-refractivity contribution is 0.0274. The van der Waals surface area contributed by atoms with E-state index < -0.39 is 17.9 Å². The van der Waals surface area contributed by atoms with Crippen LogP contribution >= 0.6 is 22.9 Å². The Bertz CT molecular complexity index is 835. The van der Waals surface area contributed by atoms with E-state index in [0.717, 1.165) is 10.9 Å². The number of rotatable bonds is 4. The molecule has 0 aliphatic carbocycles. The second-order valence-electron chi connectivity index (χ2n) is 4.59. The molecule has 0 N–H and O–H groups in total. The van der Waals surface area contributed by atoms with Crippen LogP contribution in [0, 0.1) is 5.82 Å². The summed E-state index contributed by atoms with van der Waals surface area (Å²) in [6.07, 6.45) is -0.818. The smallest absolute Gasteiger partial charge is 0.341 e. The maximum atomic E-state index is 13.7. The first kappa shape index (κ1) is 15.6. The van der Waals surface area contributed by atoms with Gasteiger partial charge in [-0.05, 0) is 36.6 Å². The molecule has 1 aromatic carbocycles. The lowest BCUT2D eigenvalue weighted by Gasteiger charge is -2.10. The van der Waals surface area contributed by atoms with Crippen molar-refractivity contribution < 1.29 is 18.3 Å². The van der Waals surface area contributed by atoms with Crippen LogP contribution in [0.4, 0.5) is 4.39 Å². The zero-order chi connectivity index (χ0) is 16.4. The van der Waals surface area contributed by atoms with Gasteiger partial charge in [-0.25, -0.2) is 9.18 Å². The van der Waals surface area contributed by atoms with E-state index in [9.17, 15) is 9.18 Å². The van der Waals surface area contributed by atoms with Crippen molar-refractivity contribution in [1.29, 1.82) is 0 Å². The minimum atomic E-state index is -0.853. The predicted octanol–water partition coefficient (Wildman–Crippen LogP) is 4.51. The van der Waals surface area contributed by atoms with Crippen LogP contribution in [0.1, 0.15) is 29.3 Å². The molecule has 2 heterocycles. The summed E-state index contributed by atoms with van der Waals surface area (Å²) in [6, 6.07) is 7.35. The number of hydrogen-bond donors (Lipinski definition) is 0. The Kier molecular flexibility index (Phi) is 4.40. The Morgan fingerprint density at radius 2 is 2.22 bits per heavy atom. The fraction of sp³-hybridized carbons (Fsp3) is 0.133. The van der Waals surface area contributed by atoms with Crippen LogP contribution < -0.4 is 0 Å². The van der Waals surface area contributed by atoms with Crippen LogP contribution in [-0.2, 0) is 4.74 Å². The number of halogens is 2. The minimum Gasteiger partial charge on any atom is -0.449 e. The molecule has 0 amide bonds. The van der Waals surface area contributed by atoms with Crippen molar-refractivity contribution in [3.63, 3.8) is 0 Å². The summed E-state index contributed by atoms with van der Waals surface area (Å²) in [5.41, 5.74) is -0.248. The van der Waals surface area contributed by atoms with E-state index in [2.05, 4.69) is 10.2 Å². The Hall–Kier alpha value is -2.25. The number of ether oxygens (including phenoxy) is 1. The Morgan fingerprint density at radius 1 is 1.39 bits per heavy atom. The first-order chi connectivity index (χ1) is 11.0. The second kappa shape index (κ2) is 6.47. The van der Waals surface area contributed by atoms with Gasteiger partial charge in [0.05, 0.1) is 10.4 Å². The molecule has 8 heteroatoms. The highest BCUT2D eigenvalue weighted by Crippen LogP contribution is 2.26. The van der Waals surface area contributed by atoms with E-state index >= 15 is 0 Å². The van der Waals surface area contributed by atoms with E-state index in [4.69, 9.17) is 20.8 Å². The maximum absolute atomic E-state index is 13.7. The molecule has 0 spiro atoms. The summed E-state index contributed by atoms with van der Waals surface area (Å²) < 4.78 is 24.3. The molecule has 0 saturated heterocycles.